The standard InChI is InChI=1S/C20H29ClN2O4S/c1-15-13-23(14-16(2)27-15)28(25,26)19-12-17(8-9-18(19)21)20(24)22-10-6-4-3-5-7-11-22/h8-9,12,15-16H,3-7,10-11,13-14H2,1-2H3. The van der Waals surface area contributed by atoms with Gasteiger partial charge in [0.15, 0.2) is 0 Å². The molecule has 8 heteroatoms. The molecule has 2 saturated heterocycles. The van der Waals surface area contributed by atoms with E-state index in [0.29, 0.717) is 18.7 Å². The lowest BCUT2D eigenvalue weighted by atomic mass is 10.1. The van der Waals surface area contributed by atoms with Gasteiger partial charge < -0.3 is 9.64 Å². The number of carbonyl (C=O) groups is 1. The van der Waals surface area contributed by atoms with E-state index in [-0.39, 0.29) is 41.1 Å². The van der Waals surface area contributed by atoms with Crippen LogP contribution in [0.3, 0.4) is 0 Å². The van der Waals surface area contributed by atoms with Crippen LogP contribution in [0.2, 0.25) is 5.02 Å². The van der Waals surface area contributed by atoms with Crippen molar-refractivity contribution in [2.45, 2.75) is 63.1 Å². The van der Waals surface area contributed by atoms with E-state index in [4.69, 9.17) is 16.3 Å². The summed E-state index contributed by atoms with van der Waals surface area (Å²) in [5.41, 5.74) is 0.373. The third-order valence-electron chi connectivity index (χ3n) is 5.33. The Bertz CT molecular complexity index is 796. The first-order chi connectivity index (χ1) is 13.3. The summed E-state index contributed by atoms with van der Waals surface area (Å²) in [7, 11) is -3.81. The highest BCUT2D eigenvalue weighted by atomic mass is 35.5. The Morgan fingerprint density at radius 3 is 2.21 bits per heavy atom. The second kappa shape index (κ2) is 9.11. The highest BCUT2D eigenvalue weighted by molar-refractivity contribution is 7.89. The number of rotatable bonds is 3. The van der Waals surface area contributed by atoms with Crippen LogP contribution in [-0.2, 0) is 14.8 Å². The third kappa shape index (κ3) is 4.87. The zero-order valence-electron chi connectivity index (χ0n) is 16.6. The molecular weight excluding hydrogens is 400 g/mol. The lowest BCUT2D eigenvalue weighted by molar-refractivity contribution is -0.0440. The van der Waals surface area contributed by atoms with Crippen LogP contribution in [0.5, 0.6) is 0 Å². The number of hydrogen-bond acceptors (Lipinski definition) is 4. The minimum atomic E-state index is -3.81. The van der Waals surface area contributed by atoms with Crippen LogP contribution in [0.4, 0.5) is 0 Å². The lowest BCUT2D eigenvalue weighted by Crippen LogP contribution is -2.48. The molecule has 0 aliphatic carbocycles. The number of sulfonamides is 1. The molecule has 1 aromatic carbocycles. The second-order valence-corrected chi connectivity index (χ2v) is 10.1. The Hall–Kier alpha value is -1.15. The van der Waals surface area contributed by atoms with Gasteiger partial charge in [0.05, 0.1) is 17.2 Å². The number of amides is 1. The molecule has 0 N–H and O–H groups in total. The summed E-state index contributed by atoms with van der Waals surface area (Å²) in [6.07, 6.45) is 5.03. The first-order valence-electron chi connectivity index (χ1n) is 10.0. The maximum absolute atomic E-state index is 13.2. The highest BCUT2D eigenvalue weighted by Crippen LogP contribution is 2.28. The van der Waals surface area contributed by atoms with Crippen molar-refractivity contribution in [2.75, 3.05) is 26.2 Å². The summed E-state index contributed by atoms with van der Waals surface area (Å²) in [5.74, 6) is -0.126. The molecule has 156 valence electrons. The van der Waals surface area contributed by atoms with E-state index in [2.05, 4.69) is 0 Å². The van der Waals surface area contributed by atoms with Gasteiger partial charge in [0.1, 0.15) is 4.90 Å². The average molecular weight is 429 g/mol. The van der Waals surface area contributed by atoms with Gasteiger partial charge in [-0.15, -0.1) is 0 Å². The molecule has 1 amide bonds. The Labute approximate surface area is 172 Å². The predicted octanol–water partition coefficient (Wildman–Crippen LogP) is 3.54. The van der Waals surface area contributed by atoms with Crippen molar-refractivity contribution in [3.8, 4) is 0 Å². The maximum atomic E-state index is 13.2. The molecule has 2 heterocycles. The van der Waals surface area contributed by atoms with Crippen molar-refractivity contribution in [1.29, 1.82) is 0 Å². The molecule has 3 rings (SSSR count). The monoisotopic (exact) mass is 428 g/mol. The minimum absolute atomic E-state index is 0.00615. The molecule has 0 radical (unpaired) electrons. The summed E-state index contributed by atoms with van der Waals surface area (Å²) in [4.78, 5) is 14.8. The van der Waals surface area contributed by atoms with Crippen molar-refractivity contribution in [2.24, 2.45) is 0 Å². The van der Waals surface area contributed by atoms with E-state index in [0.717, 1.165) is 25.7 Å². The van der Waals surface area contributed by atoms with E-state index in [9.17, 15) is 13.2 Å². The smallest absolute Gasteiger partial charge is 0.253 e. The number of nitrogens with zero attached hydrogens (tertiary/aromatic N) is 2. The van der Waals surface area contributed by atoms with Gasteiger partial charge in [0.2, 0.25) is 10.0 Å². The van der Waals surface area contributed by atoms with Gasteiger partial charge in [0.25, 0.3) is 5.91 Å². The van der Waals surface area contributed by atoms with Gasteiger partial charge in [-0.05, 0) is 44.9 Å². The topological polar surface area (TPSA) is 66.9 Å². The molecule has 2 aliphatic heterocycles. The van der Waals surface area contributed by atoms with Gasteiger partial charge in [-0.1, -0.05) is 30.9 Å². The molecule has 1 aromatic rings. The molecule has 2 atom stereocenters. The van der Waals surface area contributed by atoms with E-state index < -0.39 is 10.0 Å². The summed E-state index contributed by atoms with van der Waals surface area (Å²) < 4.78 is 33.5. The van der Waals surface area contributed by atoms with Crippen molar-refractivity contribution in [1.82, 2.24) is 9.21 Å². The number of benzene rings is 1. The van der Waals surface area contributed by atoms with Crippen molar-refractivity contribution < 1.29 is 17.9 Å². The molecule has 0 spiro atoms. The number of hydrogen-bond donors (Lipinski definition) is 0. The molecule has 28 heavy (non-hydrogen) atoms. The summed E-state index contributed by atoms with van der Waals surface area (Å²) in [6.45, 7) is 5.66. The fraction of sp³-hybridized carbons (Fsp3) is 0.650. The quantitative estimate of drug-likeness (QED) is 0.738. The van der Waals surface area contributed by atoms with E-state index in [1.165, 1.54) is 22.9 Å². The van der Waals surface area contributed by atoms with Crippen LogP contribution < -0.4 is 0 Å². The zero-order chi connectivity index (χ0) is 20.3. The van der Waals surface area contributed by atoms with Gasteiger partial charge in [-0.25, -0.2) is 8.42 Å². The fourth-order valence-electron chi connectivity index (χ4n) is 3.93. The highest BCUT2D eigenvalue weighted by Gasteiger charge is 2.34. The number of halogens is 1. The molecule has 2 aliphatic rings. The Kier molecular flexibility index (Phi) is 7.02. The lowest BCUT2D eigenvalue weighted by Gasteiger charge is -2.34. The Morgan fingerprint density at radius 1 is 1.04 bits per heavy atom. The molecule has 6 nitrogen and oxygen atoms in total. The van der Waals surface area contributed by atoms with Crippen LogP contribution in [0.25, 0.3) is 0 Å². The van der Waals surface area contributed by atoms with Crippen LogP contribution >= 0.6 is 11.6 Å². The molecule has 0 aromatic heterocycles. The van der Waals surface area contributed by atoms with Crippen molar-refractivity contribution >= 4 is 27.5 Å². The zero-order valence-corrected chi connectivity index (χ0v) is 18.1. The fourth-order valence-corrected chi connectivity index (χ4v) is 6.02. The van der Waals surface area contributed by atoms with Crippen LogP contribution in [0.1, 0.15) is 56.3 Å². The summed E-state index contributed by atoms with van der Waals surface area (Å²) >= 11 is 6.25. The van der Waals surface area contributed by atoms with Crippen LogP contribution in [0.15, 0.2) is 23.1 Å². The van der Waals surface area contributed by atoms with Gasteiger partial charge >= 0.3 is 0 Å². The van der Waals surface area contributed by atoms with Gasteiger partial charge in [-0.2, -0.15) is 4.31 Å². The molecule has 0 saturated carbocycles. The Balaban J connectivity index is 1.87. The summed E-state index contributed by atoms with van der Waals surface area (Å²) in [6, 6.07) is 4.57. The number of ether oxygens (including phenoxy) is 1. The average Bonchev–Trinajstić information content (AvgIpc) is 2.60. The van der Waals surface area contributed by atoms with Crippen LogP contribution in [0, 0.1) is 0 Å². The van der Waals surface area contributed by atoms with Crippen LogP contribution in [-0.4, -0.2) is 61.9 Å². The van der Waals surface area contributed by atoms with E-state index >= 15 is 0 Å². The normalized spacial score (nSPS) is 25.2. The predicted molar refractivity (Wildman–Crippen MR) is 109 cm³/mol. The molecule has 2 unspecified atom stereocenters. The van der Waals surface area contributed by atoms with Crippen molar-refractivity contribution in [3.63, 3.8) is 0 Å². The third-order valence-corrected chi connectivity index (χ3v) is 7.64. The van der Waals surface area contributed by atoms with E-state index in [1.54, 1.807) is 6.07 Å². The second-order valence-electron chi connectivity index (χ2n) is 7.78. The van der Waals surface area contributed by atoms with Gasteiger partial charge in [0, 0.05) is 31.7 Å². The maximum Gasteiger partial charge on any atom is 0.253 e. The molecule has 0 bridgehead atoms. The first kappa shape index (κ1) is 21.6. The Morgan fingerprint density at radius 2 is 1.61 bits per heavy atom. The molecule has 2 fully saturated rings. The molecular formula is C20H29ClN2O4S. The number of carbonyl (C=O) groups excluding carboxylic acids is 1. The number of likely N-dealkylation sites (tertiary alicyclic amines) is 1. The first-order valence-corrected chi connectivity index (χ1v) is 11.9. The van der Waals surface area contributed by atoms with Crippen molar-refractivity contribution in [3.05, 3.63) is 28.8 Å². The number of morpholine rings is 1. The largest absolute Gasteiger partial charge is 0.373 e. The van der Waals surface area contributed by atoms with E-state index in [1.807, 2.05) is 18.7 Å². The minimum Gasteiger partial charge on any atom is -0.373 e. The SMILES string of the molecule is CC1CN(S(=O)(=O)c2cc(C(=O)N3CCCCCCC3)ccc2Cl)CC(C)O1. The van der Waals surface area contributed by atoms with Gasteiger partial charge in [-0.3, -0.25) is 4.79 Å². The summed E-state index contributed by atoms with van der Waals surface area (Å²) in [5, 5.41) is 0.135.